The van der Waals surface area contributed by atoms with Crippen molar-refractivity contribution in [3.05, 3.63) is 0 Å². The average Bonchev–Trinajstić information content (AvgIpc) is 2.14. The van der Waals surface area contributed by atoms with Crippen LogP contribution in [-0.4, -0.2) is 30.6 Å². The molecule has 0 bridgehead atoms. The van der Waals surface area contributed by atoms with Crippen LogP contribution in [0.2, 0.25) is 0 Å². The summed E-state index contributed by atoms with van der Waals surface area (Å²) in [5.74, 6) is 0. The molecule has 0 aliphatic carbocycles. The lowest BCUT2D eigenvalue weighted by molar-refractivity contribution is 0.0562. The van der Waals surface area contributed by atoms with E-state index in [0.29, 0.717) is 6.42 Å². The summed E-state index contributed by atoms with van der Waals surface area (Å²) in [6.07, 6.45) is -0.742. The molecule has 0 radical (unpaired) electrons. The van der Waals surface area contributed by atoms with Crippen LogP contribution in [0, 0.1) is 0 Å². The highest BCUT2D eigenvalue weighted by Crippen LogP contribution is 2.14. The summed E-state index contributed by atoms with van der Waals surface area (Å²) in [5.41, 5.74) is 0. The minimum Gasteiger partial charge on any atom is -0.394 e. The fourth-order valence-corrected chi connectivity index (χ4v) is 0.789. The number of aliphatic hydroxyl groups excluding tert-OH is 1. The van der Waals surface area contributed by atoms with Gasteiger partial charge in [-0.3, -0.25) is 0 Å². The second-order valence-corrected chi connectivity index (χ2v) is 1.97. The largest absolute Gasteiger partial charge is 0.394 e. The maximum atomic E-state index is 12.1. The second-order valence-electron chi connectivity index (χ2n) is 1.97. The van der Waals surface area contributed by atoms with Gasteiger partial charge in [0.05, 0.1) is 19.3 Å². The van der Waals surface area contributed by atoms with Gasteiger partial charge in [-0.05, 0) is 0 Å². The van der Waals surface area contributed by atoms with Gasteiger partial charge in [-0.15, -0.1) is 0 Å². The van der Waals surface area contributed by atoms with E-state index in [1.165, 1.54) is 0 Å². The summed E-state index contributed by atoms with van der Waals surface area (Å²) >= 11 is 0. The van der Waals surface area contributed by atoms with Gasteiger partial charge in [0.25, 0.3) is 0 Å². The van der Waals surface area contributed by atoms with Gasteiger partial charge in [-0.1, -0.05) is 0 Å². The smallest absolute Gasteiger partial charge is 0.126 e. The second kappa shape index (κ2) is 2.42. The summed E-state index contributed by atoms with van der Waals surface area (Å²) in [4.78, 5) is 0. The van der Waals surface area contributed by atoms with E-state index < -0.39 is 6.17 Å². The van der Waals surface area contributed by atoms with Crippen LogP contribution < -0.4 is 0 Å². The molecule has 1 rings (SSSR count). The zero-order valence-corrected chi connectivity index (χ0v) is 4.51. The van der Waals surface area contributed by atoms with E-state index in [9.17, 15) is 4.39 Å². The van der Waals surface area contributed by atoms with Gasteiger partial charge in [-0.2, -0.15) is 0 Å². The Balaban J connectivity index is 2.22. The van der Waals surface area contributed by atoms with E-state index >= 15 is 0 Å². The molecule has 48 valence electrons. The first-order chi connectivity index (χ1) is 3.83. The van der Waals surface area contributed by atoms with Crippen molar-refractivity contribution in [3.63, 3.8) is 0 Å². The van der Waals surface area contributed by atoms with Crippen LogP contribution >= 0.6 is 0 Å². The highest BCUT2D eigenvalue weighted by Gasteiger charge is 2.23. The van der Waals surface area contributed by atoms with Gasteiger partial charge in [0, 0.05) is 6.42 Å². The third-order valence-electron chi connectivity index (χ3n) is 1.24. The van der Waals surface area contributed by atoms with Crippen LogP contribution in [0.15, 0.2) is 0 Å². The van der Waals surface area contributed by atoms with Crippen molar-refractivity contribution in [2.75, 3.05) is 13.2 Å². The molecule has 1 saturated heterocycles. The molecule has 0 aromatic rings. The standard InChI is InChI=1S/C5H9FO2/c6-4-1-5(2-7)8-3-4/h4-5,7H,1-3H2/t4-,5+/m1/s1. The quantitative estimate of drug-likeness (QED) is 0.532. The van der Waals surface area contributed by atoms with Crippen molar-refractivity contribution in [1.82, 2.24) is 0 Å². The zero-order valence-electron chi connectivity index (χ0n) is 4.51. The molecular weight excluding hydrogens is 111 g/mol. The molecule has 1 N–H and O–H groups in total. The molecule has 1 fully saturated rings. The van der Waals surface area contributed by atoms with Crippen LogP contribution in [-0.2, 0) is 4.74 Å². The molecule has 0 aromatic carbocycles. The third kappa shape index (κ3) is 1.17. The first-order valence-electron chi connectivity index (χ1n) is 2.69. The molecule has 0 saturated carbocycles. The summed E-state index contributed by atoms with van der Waals surface area (Å²) in [5, 5.41) is 8.39. The lowest BCUT2D eigenvalue weighted by atomic mass is 10.2. The Morgan fingerprint density at radius 3 is 2.75 bits per heavy atom. The molecule has 0 amide bonds. The normalized spacial score (nSPS) is 38.2. The zero-order chi connectivity index (χ0) is 5.98. The monoisotopic (exact) mass is 120 g/mol. The summed E-state index contributed by atoms with van der Waals surface area (Å²) < 4.78 is 16.9. The Labute approximate surface area is 47.3 Å². The Morgan fingerprint density at radius 2 is 2.50 bits per heavy atom. The molecule has 1 aliphatic heterocycles. The van der Waals surface area contributed by atoms with Crippen LogP contribution in [0.1, 0.15) is 6.42 Å². The number of aliphatic hydroxyl groups is 1. The van der Waals surface area contributed by atoms with Crippen molar-refractivity contribution < 1.29 is 14.2 Å². The molecule has 3 heteroatoms. The lowest BCUT2D eigenvalue weighted by Crippen LogP contribution is -2.09. The summed E-state index contributed by atoms with van der Waals surface area (Å²) in [7, 11) is 0. The molecule has 0 aromatic heterocycles. The Kier molecular flexibility index (Phi) is 1.81. The van der Waals surface area contributed by atoms with Crippen molar-refractivity contribution in [1.29, 1.82) is 0 Å². The van der Waals surface area contributed by atoms with E-state index in [1.807, 2.05) is 0 Å². The molecule has 2 nitrogen and oxygen atoms in total. The minimum absolute atomic E-state index is 0.0551. The number of ether oxygens (including phenoxy) is 1. The van der Waals surface area contributed by atoms with Crippen molar-refractivity contribution >= 4 is 0 Å². The van der Waals surface area contributed by atoms with E-state index in [2.05, 4.69) is 0 Å². The van der Waals surface area contributed by atoms with Gasteiger partial charge in [0.15, 0.2) is 0 Å². The van der Waals surface area contributed by atoms with Crippen molar-refractivity contribution in [2.45, 2.75) is 18.7 Å². The van der Waals surface area contributed by atoms with E-state index in [1.54, 1.807) is 0 Å². The van der Waals surface area contributed by atoms with Crippen molar-refractivity contribution in [3.8, 4) is 0 Å². The average molecular weight is 120 g/mol. The third-order valence-corrected chi connectivity index (χ3v) is 1.24. The lowest BCUT2D eigenvalue weighted by Gasteiger charge is -2.00. The van der Waals surface area contributed by atoms with E-state index in [0.717, 1.165) is 0 Å². The topological polar surface area (TPSA) is 29.5 Å². The van der Waals surface area contributed by atoms with Gasteiger partial charge >= 0.3 is 0 Å². The highest BCUT2D eigenvalue weighted by atomic mass is 19.1. The molecular formula is C5H9FO2. The molecule has 0 spiro atoms. The van der Waals surface area contributed by atoms with Crippen LogP contribution in [0.25, 0.3) is 0 Å². The SMILES string of the molecule is OC[C@@H]1C[C@@H](F)CO1. The summed E-state index contributed by atoms with van der Waals surface area (Å²) in [6, 6.07) is 0. The Hall–Kier alpha value is -0.150. The van der Waals surface area contributed by atoms with Crippen LogP contribution in [0.3, 0.4) is 0 Å². The predicted octanol–water partition coefficient (Wildman–Crippen LogP) is 0.106. The van der Waals surface area contributed by atoms with Gasteiger partial charge < -0.3 is 9.84 Å². The van der Waals surface area contributed by atoms with Crippen LogP contribution in [0.5, 0.6) is 0 Å². The van der Waals surface area contributed by atoms with Crippen molar-refractivity contribution in [2.24, 2.45) is 0 Å². The molecule has 8 heavy (non-hydrogen) atoms. The van der Waals surface area contributed by atoms with E-state index in [-0.39, 0.29) is 19.3 Å². The van der Waals surface area contributed by atoms with Gasteiger partial charge in [0.2, 0.25) is 0 Å². The molecule has 1 aliphatic rings. The number of hydrogen-bond acceptors (Lipinski definition) is 2. The Morgan fingerprint density at radius 1 is 1.75 bits per heavy atom. The van der Waals surface area contributed by atoms with Crippen LogP contribution in [0.4, 0.5) is 4.39 Å². The maximum absolute atomic E-state index is 12.1. The number of halogens is 1. The molecule has 2 atom stereocenters. The molecule has 0 unspecified atom stereocenters. The summed E-state index contributed by atoms with van der Waals surface area (Å²) in [6.45, 7) is 0.103. The highest BCUT2D eigenvalue weighted by molar-refractivity contribution is 4.70. The van der Waals surface area contributed by atoms with E-state index in [4.69, 9.17) is 9.84 Å². The number of hydrogen-bond donors (Lipinski definition) is 1. The minimum atomic E-state index is -0.854. The number of alkyl halides is 1. The number of rotatable bonds is 1. The van der Waals surface area contributed by atoms with Gasteiger partial charge in [-0.25, -0.2) is 4.39 Å². The first kappa shape index (κ1) is 5.98. The fourth-order valence-electron chi connectivity index (χ4n) is 0.789. The molecule has 1 heterocycles. The fraction of sp³-hybridized carbons (Fsp3) is 1.00. The maximum Gasteiger partial charge on any atom is 0.126 e. The van der Waals surface area contributed by atoms with Gasteiger partial charge in [0.1, 0.15) is 6.17 Å². The Bertz CT molecular complexity index is 76.8. The first-order valence-corrected chi connectivity index (χ1v) is 2.69. The predicted molar refractivity (Wildman–Crippen MR) is 26.3 cm³/mol.